The van der Waals surface area contributed by atoms with Crippen LogP contribution in [0.2, 0.25) is 0 Å². The lowest BCUT2D eigenvalue weighted by Gasteiger charge is -1.99. The van der Waals surface area contributed by atoms with Crippen molar-refractivity contribution in [3.63, 3.8) is 0 Å². The zero-order valence-corrected chi connectivity index (χ0v) is 8.46. The number of hydrogen-bond acceptors (Lipinski definition) is 7. The van der Waals surface area contributed by atoms with Crippen LogP contribution in [0.4, 0.5) is 0 Å². The van der Waals surface area contributed by atoms with Gasteiger partial charge in [-0.25, -0.2) is 13.4 Å². The van der Waals surface area contributed by atoms with E-state index in [0.29, 0.717) is 5.82 Å². The van der Waals surface area contributed by atoms with Crippen LogP contribution >= 0.6 is 0 Å². The maximum absolute atomic E-state index is 11.2. The first-order chi connectivity index (χ1) is 7.07. The molecular weight excluding hydrogens is 220 g/mol. The van der Waals surface area contributed by atoms with Crippen molar-refractivity contribution < 1.29 is 8.42 Å². The molecule has 0 radical (unpaired) electrons. The second-order valence-electron chi connectivity index (χ2n) is 2.72. The summed E-state index contributed by atoms with van der Waals surface area (Å²) in [5.41, 5.74) is 0. The van der Waals surface area contributed by atoms with E-state index in [1.54, 1.807) is 0 Å². The summed E-state index contributed by atoms with van der Waals surface area (Å²) in [6.07, 6.45) is 3.68. The van der Waals surface area contributed by atoms with E-state index in [1.807, 2.05) is 0 Å². The third kappa shape index (κ3) is 1.96. The molecule has 2 aromatic heterocycles. The van der Waals surface area contributed by atoms with Gasteiger partial charge in [0.2, 0.25) is 15.0 Å². The van der Waals surface area contributed by atoms with Crippen LogP contribution in [0.3, 0.4) is 0 Å². The largest absolute Gasteiger partial charge is 0.248 e. The molecule has 2 rings (SSSR count). The first kappa shape index (κ1) is 9.65. The molecule has 2 aromatic rings. The van der Waals surface area contributed by atoms with Crippen molar-refractivity contribution in [2.45, 2.75) is 5.16 Å². The van der Waals surface area contributed by atoms with Gasteiger partial charge in [-0.05, 0) is 10.4 Å². The van der Waals surface area contributed by atoms with Crippen LogP contribution in [0.15, 0.2) is 23.7 Å². The fraction of sp³-hybridized carbons (Fsp3) is 0.167. The van der Waals surface area contributed by atoms with Crippen LogP contribution in [0.1, 0.15) is 0 Å². The van der Waals surface area contributed by atoms with Gasteiger partial charge in [-0.2, -0.15) is 9.67 Å². The summed E-state index contributed by atoms with van der Waals surface area (Å²) in [6, 6.07) is 1.50. The highest BCUT2D eigenvalue weighted by molar-refractivity contribution is 7.90. The average molecular weight is 226 g/mol. The van der Waals surface area contributed by atoms with E-state index >= 15 is 0 Å². The van der Waals surface area contributed by atoms with Crippen LogP contribution < -0.4 is 0 Å². The van der Waals surface area contributed by atoms with Gasteiger partial charge in [0, 0.05) is 18.5 Å². The summed E-state index contributed by atoms with van der Waals surface area (Å²) in [6.45, 7) is 0. The standard InChI is InChI=1S/C6H6N6O2S/c1-15(13,14)6-7-3-2-5(9-6)12-4-8-10-11-12/h2-4H,1H3. The Morgan fingerprint density at radius 2 is 2.20 bits per heavy atom. The van der Waals surface area contributed by atoms with Gasteiger partial charge in [-0.3, -0.25) is 0 Å². The fourth-order valence-corrected chi connectivity index (χ4v) is 1.42. The van der Waals surface area contributed by atoms with E-state index in [2.05, 4.69) is 25.5 Å². The zero-order valence-electron chi connectivity index (χ0n) is 7.64. The molecule has 0 aliphatic rings. The van der Waals surface area contributed by atoms with E-state index in [9.17, 15) is 8.42 Å². The normalized spacial score (nSPS) is 11.5. The number of tetrazole rings is 1. The van der Waals surface area contributed by atoms with Crippen LogP contribution in [-0.4, -0.2) is 44.8 Å². The molecule has 0 N–H and O–H groups in total. The van der Waals surface area contributed by atoms with Gasteiger partial charge in [0.05, 0.1) is 0 Å². The third-order valence-electron chi connectivity index (χ3n) is 1.53. The van der Waals surface area contributed by atoms with Gasteiger partial charge < -0.3 is 0 Å². The molecule has 0 aromatic carbocycles. The molecule has 0 spiro atoms. The molecule has 0 amide bonds. The molecule has 0 atom stereocenters. The van der Waals surface area contributed by atoms with Crippen LogP contribution in [0.5, 0.6) is 0 Å². The minimum Gasteiger partial charge on any atom is -0.227 e. The minimum absolute atomic E-state index is 0.254. The van der Waals surface area contributed by atoms with Crippen molar-refractivity contribution >= 4 is 9.84 Å². The van der Waals surface area contributed by atoms with Gasteiger partial charge in [-0.1, -0.05) is 0 Å². The van der Waals surface area contributed by atoms with Gasteiger partial charge in [-0.15, -0.1) is 5.10 Å². The Balaban J connectivity index is 2.53. The first-order valence-corrected chi connectivity index (χ1v) is 5.73. The van der Waals surface area contributed by atoms with Gasteiger partial charge in [0.1, 0.15) is 6.33 Å². The maximum atomic E-state index is 11.2. The van der Waals surface area contributed by atoms with E-state index in [0.717, 1.165) is 6.26 Å². The van der Waals surface area contributed by atoms with Crippen LogP contribution in [0, 0.1) is 0 Å². The number of sulfone groups is 1. The smallest absolute Gasteiger partial charge is 0.227 e. The highest BCUT2D eigenvalue weighted by Crippen LogP contribution is 2.04. The second-order valence-corrected chi connectivity index (χ2v) is 4.63. The van der Waals surface area contributed by atoms with Crippen molar-refractivity contribution in [3.8, 4) is 5.82 Å². The van der Waals surface area contributed by atoms with Crippen molar-refractivity contribution in [1.82, 2.24) is 30.2 Å². The summed E-state index contributed by atoms with van der Waals surface area (Å²) in [4.78, 5) is 7.45. The topological polar surface area (TPSA) is 104 Å². The van der Waals surface area contributed by atoms with E-state index in [-0.39, 0.29) is 5.16 Å². The Morgan fingerprint density at radius 1 is 1.40 bits per heavy atom. The molecule has 8 nitrogen and oxygen atoms in total. The Labute approximate surface area is 84.9 Å². The number of rotatable bonds is 2. The summed E-state index contributed by atoms with van der Waals surface area (Å²) in [7, 11) is -3.42. The molecule has 0 aliphatic carbocycles. The lowest BCUT2D eigenvalue weighted by atomic mass is 10.6. The van der Waals surface area contributed by atoms with Gasteiger partial charge >= 0.3 is 0 Å². The molecule has 0 saturated heterocycles. The van der Waals surface area contributed by atoms with Crippen LogP contribution in [-0.2, 0) is 9.84 Å². The summed E-state index contributed by atoms with van der Waals surface area (Å²) in [5.74, 6) is 0.301. The minimum atomic E-state index is -3.42. The predicted octanol–water partition coefficient (Wildman–Crippen LogP) is -1.14. The Bertz CT molecular complexity index is 563. The van der Waals surface area contributed by atoms with Crippen molar-refractivity contribution in [2.24, 2.45) is 0 Å². The zero-order chi connectivity index (χ0) is 10.9. The predicted molar refractivity (Wildman–Crippen MR) is 47.9 cm³/mol. The molecule has 9 heteroatoms. The summed E-state index contributed by atoms with van der Waals surface area (Å²) >= 11 is 0. The summed E-state index contributed by atoms with van der Waals surface area (Å²) < 4.78 is 23.6. The molecule has 2 heterocycles. The Hall–Kier alpha value is -1.90. The van der Waals surface area contributed by atoms with Crippen LogP contribution in [0.25, 0.3) is 5.82 Å². The van der Waals surface area contributed by atoms with Crippen molar-refractivity contribution in [2.75, 3.05) is 6.26 Å². The third-order valence-corrected chi connectivity index (χ3v) is 2.39. The fourth-order valence-electron chi connectivity index (χ4n) is 0.904. The molecule has 78 valence electrons. The second kappa shape index (κ2) is 3.35. The Kier molecular flexibility index (Phi) is 2.15. The highest BCUT2D eigenvalue weighted by Gasteiger charge is 2.12. The molecule has 15 heavy (non-hydrogen) atoms. The SMILES string of the molecule is CS(=O)(=O)c1nccc(-n2cnnn2)n1. The number of hydrogen-bond donors (Lipinski definition) is 0. The van der Waals surface area contributed by atoms with Crippen molar-refractivity contribution in [3.05, 3.63) is 18.6 Å². The lowest BCUT2D eigenvalue weighted by Crippen LogP contribution is -2.07. The highest BCUT2D eigenvalue weighted by atomic mass is 32.2. The van der Waals surface area contributed by atoms with E-state index < -0.39 is 9.84 Å². The molecule has 0 bridgehead atoms. The molecule has 0 unspecified atom stereocenters. The number of nitrogens with zero attached hydrogens (tertiary/aromatic N) is 6. The molecule has 0 saturated carbocycles. The van der Waals surface area contributed by atoms with Gasteiger partial charge in [0.15, 0.2) is 5.82 Å². The molecular formula is C6H6N6O2S. The quantitative estimate of drug-likeness (QED) is 0.596. The molecule has 0 aliphatic heterocycles. The van der Waals surface area contributed by atoms with E-state index in [4.69, 9.17) is 0 Å². The summed E-state index contributed by atoms with van der Waals surface area (Å²) in [5, 5.41) is 10.2. The lowest BCUT2D eigenvalue weighted by molar-refractivity contribution is 0.591. The monoisotopic (exact) mass is 226 g/mol. The number of aromatic nitrogens is 6. The maximum Gasteiger partial charge on any atom is 0.248 e. The Morgan fingerprint density at radius 3 is 2.80 bits per heavy atom. The van der Waals surface area contributed by atoms with Gasteiger partial charge in [0.25, 0.3) is 0 Å². The first-order valence-electron chi connectivity index (χ1n) is 3.84. The van der Waals surface area contributed by atoms with Crippen molar-refractivity contribution in [1.29, 1.82) is 0 Å². The van der Waals surface area contributed by atoms with E-state index in [1.165, 1.54) is 23.3 Å². The molecule has 0 fully saturated rings. The average Bonchev–Trinajstić information content (AvgIpc) is 2.69.